The highest BCUT2D eigenvalue weighted by Crippen LogP contribution is 2.12. The first-order valence-electron chi connectivity index (χ1n) is 8.41. The number of rotatable bonds is 8. The molecule has 0 radical (unpaired) electrons. The Bertz CT molecular complexity index is 811. The molecular weight excluding hydrogens is 330 g/mol. The Morgan fingerprint density at radius 3 is 2.46 bits per heavy atom. The number of carbonyl (C=O) groups is 3. The van der Waals surface area contributed by atoms with Gasteiger partial charge in [-0.25, -0.2) is 4.79 Å². The van der Waals surface area contributed by atoms with Gasteiger partial charge in [0.2, 0.25) is 0 Å². The Morgan fingerprint density at radius 1 is 1.04 bits per heavy atom. The smallest absolute Gasteiger partial charge is 0.338 e. The van der Waals surface area contributed by atoms with Crippen LogP contribution in [0.1, 0.15) is 38.8 Å². The first-order chi connectivity index (χ1) is 12.7. The molecule has 5 nitrogen and oxygen atoms in total. The largest absolute Gasteiger partial charge is 0.462 e. The van der Waals surface area contributed by atoms with Crippen LogP contribution < -0.4 is 5.32 Å². The fourth-order valence-electron chi connectivity index (χ4n) is 2.54. The van der Waals surface area contributed by atoms with Crippen molar-refractivity contribution in [1.29, 1.82) is 0 Å². The summed E-state index contributed by atoms with van der Waals surface area (Å²) in [5, 5.41) is 2.85. The maximum atomic E-state index is 12.4. The van der Waals surface area contributed by atoms with Crippen LogP contribution in [-0.4, -0.2) is 31.3 Å². The molecule has 0 fully saturated rings. The predicted molar refractivity (Wildman–Crippen MR) is 100.0 cm³/mol. The van der Waals surface area contributed by atoms with Gasteiger partial charge in [0.05, 0.1) is 12.2 Å². The molecule has 0 aliphatic carbocycles. The van der Waals surface area contributed by atoms with Crippen LogP contribution >= 0.6 is 0 Å². The molecule has 134 valence electrons. The van der Waals surface area contributed by atoms with E-state index < -0.39 is 0 Å². The number of aldehydes is 1. The van der Waals surface area contributed by atoms with Gasteiger partial charge in [-0.2, -0.15) is 0 Å². The Hall–Kier alpha value is -3.21. The normalized spacial score (nSPS) is 10.5. The number of ether oxygens (including phenoxy) is 1. The molecule has 0 saturated carbocycles. The van der Waals surface area contributed by atoms with Crippen molar-refractivity contribution in [1.82, 2.24) is 5.32 Å². The Kier molecular flexibility index (Phi) is 7.31. The minimum atomic E-state index is -0.362. The van der Waals surface area contributed by atoms with E-state index in [1.54, 1.807) is 49.4 Å². The van der Waals surface area contributed by atoms with Gasteiger partial charge in [0.1, 0.15) is 6.29 Å². The van der Waals surface area contributed by atoms with Crippen molar-refractivity contribution in [3.05, 3.63) is 76.9 Å². The maximum Gasteiger partial charge on any atom is 0.338 e. The molecule has 0 atom stereocenters. The molecule has 0 spiro atoms. The van der Waals surface area contributed by atoms with Crippen LogP contribution in [0.25, 0.3) is 6.08 Å². The second-order valence-electron chi connectivity index (χ2n) is 5.47. The predicted octanol–water partition coefficient (Wildman–Crippen LogP) is 3.05. The molecule has 2 aromatic rings. The summed E-state index contributed by atoms with van der Waals surface area (Å²) in [5.74, 6) is -0.594. The van der Waals surface area contributed by atoms with E-state index in [0.29, 0.717) is 42.5 Å². The van der Waals surface area contributed by atoms with Crippen molar-refractivity contribution in [3.8, 4) is 0 Å². The lowest BCUT2D eigenvalue weighted by atomic mass is 10.0. The fourth-order valence-corrected chi connectivity index (χ4v) is 2.54. The number of nitrogens with one attached hydrogen (secondary N) is 1. The summed E-state index contributed by atoms with van der Waals surface area (Å²) in [6.45, 7) is 2.45. The van der Waals surface area contributed by atoms with Crippen LogP contribution in [0, 0.1) is 0 Å². The number of carbonyl (C=O) groups excluding carboxylic acids is 3. The highest BCUT2D eigenvalue weighted by atomic mass is 16.5. The number of allylic oxidation sites excluding steroid dienone is 1. The first-order valence-corrected chi connectivity index (χ1v) is 8.41. The lowest BCUT2D eigenvalue weighted by Gasteiger charge is -2.10. The number of hydrogen-bond acceptors (Lipinski definition) is 4. The van der Waals surface area contributed by atoms with Crippen LogP contribution in [-0.2, 0) is 16.0 Å². The third kappa shape index (κ3) is 5.14. The van der Waals surface area contributed by atoms with Gasteiger partial charge in [0, 0.05) is 12.1 Å². The minimum Gasteiger partial charge on any atom is -0.462 e. The highest BCUT2D eigenvalue weighted by Gasteiger charge is 2.13. The molecule has 0 aliphatic heterocycles. The minimum absolute atomic E-state index is 0.232. The van der Waals surface area contributed by atoms with Gasteiger partial charge >= 0.3 is 5.97 Å². The molecule has 0 heterocycles. The maximum absolute atomic E-state index is 12.4. The van der Waals surface area contributed by atoms with E-state index in [-0.39, 0.29) is 11.9 Å². The zero-order valence-corrected chi connectivity index (χ0v) is 14.6. The van der Waals surface area contributed by atoms with Crippen LogP contribution in [0.15, 0.2) is 54.6 Å². The molecule has 26 heavy (non-hydrogen) atoms. The van der Waals surface area contributed by atoms with Crippen LogP contribution in [0.2, 0.25) is 0 Å². The standard InChI is InChI=1S/C21H21NO4/c1-2-26-21(25)19-12-6-4-9-17(19)13-14-22-20(24)18-11-5-3-8-16(18)10-7-15-23/h3-12,15H,2,13-14H2,1H3,(H,22,24)/b10-7+. The molecule has 0 aliphatic rings. The number of amides is 1. The van der Waals surface area contributed by atoms with E-state index in [0.717, 1.165) is 5.56 Å². The van der Waals surface area contributed by atoms with Crippen LogP contribution in [0.4, 0.5) is 0 Å². The van der Waals surface area contributed by atoms with E-state index in [1.807, 2.05) is 12.1 Å². The van der Waals surface area contributed by atoms with E-state index in [4.69, 9.17) is 4.74 Å². The summed E-state index contributed by atoms with van der Waals surface area (Å²) in [4.78, 5) is 34.9. The molecule has 0 aromatic heterocycles. The molecule has 0 bridgehead atoms. The average molecular weight is 351 g/mol. The van der Waals surface area contributed by atoms with Gasteiger partial charge < -0.3 is 10.1 Å². The molecule has 1 amide bonds. The molecule has 0 unspecified atom stereocenters. The van der Waals surface area contributed by atoms with Crippen molar-refractivity contribution in [2.24, 2.45) is 0 Å². The Morgan fingerprint density at radius 2 is 1.73 bits per heavy atom. The number of hydrogen-bond donors (Lipinski definition) is 1. The number of esters is 1. The fraction of sp³-hybridized carbons (Fsp3) is 0.190. The van der Waals surface area contributed by atoms with Crippen LogP contribution in [0.3, 0.4) is 0 Å². The van der Waals surface area contributed by atoms with Gasteiger partial charge in [0.25, 0.3) is 5.91 Å². The summed E-state index contributed by atoms with van der Waals surface area (Å²) in [6.07, 6.45) is 4.12. The molecule has 1 N–H and O–H groups in total. The Labute approximate surface area is 152 Å². The molecule has 0 saturated heterocycles. The van der Waals surface area contributed by atoms with Crippen molar-refractivity contribution in [2.75, 3.05) is 13.2 Å². The third-order valence-corrected chi connectivity index (χ3v) is 3.75. The quantitative estimate of drug-likeness (QED) is 0.451. The van der Waals surface area contributed by atoms with Gasteiger partial charge in [-0.3, -0.25) is 9.59 Å². The summed E-state index contributed by atoms with van der Waals surface area (Å²) in [7, 11) is 0. The summed E-state index contributed by atoms with van der Waals surface area (Å²) >= 11 is 0. The van der Waals surface area contributed by atoms with E-state index in [9.17, 15) is 14.4 Å². The zero-order chi connectivity index (χ0) is 18.8. The molecular formula is C21H21NO4. The van der Waals surface area contributed by atoms with Gasteiger partial charge in [-0.1, -0.05) is 42.5 Å². The topological polar surface area (TPSA) is 72.5 Å². The monoisotopic (exact) mass is 351 g/mol. The van der Waals surface area contributed by atoms with Crippen molar-refractivity contribution < 1.29 is 19.1 Å². The summed E-state index contributed by atoms with van der Waals surface area (Å²) < 4.78 is 5.06. The van der Waals surface area contributed by atoms with Crippen molar-refractivity contribution >= 4 is 24.2 Å². The first kappa shape index (κ1) is 19.1. The van der Waals surface area contributed by atoms with Gasteiger partial charge in [0.15, 0.2) is 0 Å². The molecule has 5 heteroatoms. The van der Waals surface area contributed by atoms with E-state index >= 15 is 0 Å². The molecule has 2 rings (SSSR count). The van der Waals surface area contributed by atoms with Gasteiger partial charge in [-0.05, 0) is 42.7 Å². The second-order valence-corrected chi connectivity index (χ2v) is 5.47. The second kappa shape index (κ2) is 9.93. The van der Waals surface area contributed by atoms with Crippen LogP contribution in [0.5, 0.6) is 0 Å². The Balaban J connectivity index is 2.03. The van der Waals surface area contributed by atoms with Gasteiger partial charge in [-0.15, -0.1) is 0 Å². The lowest BCUT2D eigenvalue weighted by Crippen LogP contribution is -2.26. The SMILES string of the molecule is CCOC(=O)c1ccccc1CCNC(=O)c1ccccc1/C=C/C=O. The lowest BCUT2D eigenvalue weighted by molar-refractivity contribution is -0.104. The van der Waals surface area contributed by atoms with E-state index in [1.165, 1.54) is 6.08 Å². The number of benzene rings is 2. The van der Waals surface area contributed by atoms with E-state index in [2.05, 4.69) is 5.32 Å². The zero-order valence-electron chi connectivity index (χ0n) is 14.6. The third-order valence-electron chi connectivity index (χ3n) is 3.75. The summed E-state index contributed by atoms with van der Waals surface area (Å²) in [6, 6.07) is 14.2. The highest BCUT2D eigenvalue weighted by molar-refractivity contribution is 5.98. The summed E-state index contributed by atoms with van der Waals surface area (Å²) in [5.41, 5.74) is 2.49. The van der Waals surface area contributed by atoms with Crippen molar-refractivity contribution in [3.63, 3.8) is 0 Å². The van der Waals surface area contributed by atoms with Crippen molar-refractivity contribution in [2.45, 2.75) is 13.3 Å². The molecule has 2 aromatic carbocycles. The average Bonchev–Trinajstić information content (AvgIpc) is 2.67.